The zero-order valence-electron chi connectivity index (χ0n) is 58.4. The Morgan fingerprint density at radius 3 is 0.954 bits per heavy atom. The van der Waals surface area contributed by atoms with Crippen molar-refractivity contribution in [3.63, 3.8) is 0 Å². The molecule has 0 spiro atoms. The van der Waals surface area contributed by atoms with Crippen LogP contribution in [0.5, 0.6) is 0 Å². The van der Waals surface area contributed by atoms with Crippen LogP contribution in [0.4, 0.5) is 0 Å². The molecule has 23 aromatic rings. The topological polar surface area (TPSA) is 92.9 Å². The van der Waals surface area contributed by atoms with E-state index in [-0.39, 0.29) is 0 Å². The van der Waals surface area contributed by atoms with Gasteiger partial charge in [0.25, 0.3) is 0 Å². The molecule has 0 bridgehead atoms. The van der Waals surface area contributed by atoms with Crippen molar-refractivity contribution in [3.05, 3.63) is 374 Å². The molecular formula is C100H58N6O3. The molecule has 9 nitrogen and oxygen atoms in total. The molecule has 109 heavy (non-hydrogen) atoms. The molecule has 506 valence electrons. The van der Waals surface area contributed by atoms with E-state index >= 15 is 0 Å². The minimum Gasteiger partial charge on any atom is -0.456 e. The zero-order chi connectivity index (χ0) is 71.2. The van der Waals surface area contributed by atoms with E-state index in [1.54, 1.807) is 0 Å². The molecule has 0 saturated carbocycles. The largest absolute Gasteiger partial charge is 0.456 e. The fourth-order valence-corrected chi connectivity index (χ4v) is 18.3. The van der Waals surface area contributed by atoms with E-state index < -0.39 is 5.41 Å². The summed E-state index contributed by atoms with van der Waals surface area (Å²) < 4.78 is 25.9. The van der Waals surface area contributed by atoms with Crippen molar-refractivity contribution in [2.75, 3.05) is 0 Å². The molecule has 24 rings (SSSR count). The highest BCUT2D eigenvalue weighted by molar-refractivity contribution is 6.15. The Kier molecular flexibility index (Phi) is 12.4. The third-order valence-electron chi connectivity index (χ3n) is 23.2. The Hall–Kier alpha value is -14.7. The molecular weight excluding hydrogens is 1330 g/mol. The second kappa shape index (κ2) is 22.7. The number of benzene rings is 16. The van der Waals surface area contributed by atoms with E-state index in [1.165, 1.54) is 16.3 Å². The average molecular weight is 1390 g/mol. The van der Waals surface area contributed by atoms with Crippen LogP contribution in [0.1, 0.15) is 22.3 Å². The van der Waals surface area contributed by atoms with Crippen LogP contribution in [-0.2, 0) is 5.41 Å². The summed E-state index contributed by atoms with van der Waals surface area (Å²) in [5.41, 5.74) is 26.0. The fraction of sp³-hybridized carbons (Fsp3) is 0.0100. The number of para-hydroxylation sites is 6. The van der Waals surface area contributed by atoms with Gasteiger partial charge >= 0.3 is 0 Å². The first-order valence-corrected chi connectivity index (χ1v) is 37.0. The number of nitrogens with zero attached hydrogens (tertiary/aromatic N) is 6. The molecule has 0 N–H and O–H groups in total. The van der Waals surface area contributed by atoms with Gasteiger partial charge in [-0.1, -0.05) is 224 Å². The van der Waals surface area contributed by atoms with Crippen molar-refractivity contribution in [1.82, 2.24) is 28.7 Å². The predicted molar refractivity (Wildman–Crippen MR) is 444 cm³/mol. The molecule has 0 atom stereocenters. The van der Waals surface area contributed by atoms with Crippen LogP contribution >= 0.6 is 0 Å². The summed E-state index contributed by atoms with van der Waals surface area (Å²) in [6.45, 7) is 0. The summed E-state index contributed by atoms with van der Waals surface area (Å²) in [5, 5.41) is 13.3. The van der Waals surface area contributed by atoms with Crippen molar-refractivity contribution in [1.29, 1.82) is 0 Å². The molecule has 0 radical (unpaired) electrons. The highest BCUT2D eigenvalue weighted by Crippen LogP contribution is 2.58. The summed E-state index contributed by atoms with van der Waals surface area (Å²) in [6.07, 6.45) is 0. The molecule has 0 aliphatic heterocycles. The molecule has 9 heteroatoms. The molecule has 0 fully saturated rings. The Morgan fingerprint density at radius 1 is 0.211 bits per heavy atom. The monoisotopic (exact) mass is 1390 g/mol. The third-order valence-corrected chi connectivity index (χ3v) is 23.2. The van der Waals surface area contributed by atoms with E-state index in [0.717, 1.165) is 193 Å². The van der Waals surface area contributed by atoms with Crippen LogP contribution in [0.2, 0.25) is 0 Å². The lowest BCUT2D eigenvalue weighted by atomic mass is 9.67. The summed E-state index contributed by atoms with van der Waals surface area (Å²) in [7, 11) is 0. The zero-order valence-corrected chi connectivity index (χ0v) is 58.4. The molecule has 0 saturated heterocycles. The number of hydrogen-bond acceptors (Lipinski definition) is 6. The standard InChI is InChI=1S/C100H58N6O3/c1-3-19-66(20-4-1)100(67-21-5-2-6-22-67)83-57-65(35-43-69(83)70-44-42-68(58-84(70)100)104-85-29-13-7-23-71(85)77-51-59(36-45-88(77)104)62-39-48-94-80(54-62)74-26-10-16-32-91(74)107-94)97-101-98(105-86-30-14-8-24-72(86)78-52-60(37-46-89(78)105)63-40-49-95-81(55-63)75-27-11-17-33-92(75)108-95)103-99(102-97)106-87-31-15-9-25-73(87)79-53-61(38-47-90(79)106)64-41-50-96-82(56-64)76-28-12-18-34-93(76)109-96/h1-58H. The van der Waals surface area contributed by atoms with Crippen LogP contribution in [0, 0.1) is 0 Å². The molecule has 0 unspecified atom stereocenters. The van der Waals surface area contributed by atoms with Gasteiger partial charge in [0.05, 0.1) is 38.5 Å². The van der Waals surface area contributed by atoms with Crippen LogP contribution < -0.4 is 0 Å². The van der Waals surface area contributed by atoms with E-state index in [2.05, 4.69) is 329 Å². The highest BCUT2D eigenvalue weighted by atomic mass is 16.3. The van der Waals surface area contributed by atoms with Gasteiger partial charge in [0.2, 0.25) is 11.9 Å². The maximum atomic E-state index is 6.32. The SMILES string of the molecule is c1ccc(C2(c3ccccc3)c3cc(-c4nc(-n5c6ccccc6c6cc(-c7ccc8oc9ccccc9c8c7)ccc65)nc(-n5c6ccccc6c6cc(-c7ccc8oc9ccccc9c8c7)ccc65)n4)ccc3-c3ccc(-n4c5ccccc5c5cc(-c6ccc7oc8ccccc8c7c6)ccc54)cc32)cc1. The first-order valence-electron chi connectivity index (χ1n) is 37.0. The quantitative estimate of drug-likeness (QED) is 0.143. The first kappa shape index (κ1) is 59.7. The second-order valence-corrected chi connectivity index (χ2v) is 28.9. The van der Waals surface area contributed by atoms with Gasteiger partial charge in [-0.05, 0) is 194 Å². The van der Waals surface area contributed by atoms with Gasteiger partial charge in [0.1, 0.15) is 33.5 Å². The molecule has 1 aliphatic carbocycles. The molecule has 16 aromatic carbocycles. The maximum absolute atomic E-state index is 6.32. The van der Waals surface area contributed by atoms with Gasteiger partial charge in [0, 0.05) is 75.9 Å². The highest BCUT2D eigenvalue weighted by Gasteiger charge is 2.47. The lowest BCUT2D eigenvalue weighted by Crippen LogP contribution is -2.28. The smallest absolute Gasteiger partial charge is 0.240 e. The van der Waals surface area contributed by atoms with Gasteiger partial charge in [-0.15, -0.1) is 0 Å². The molecule has 7 heterocycles. The van der Waals surface area contributed by atoms with Crippen molar-refractivity contribution in [2.24, 2.45) is 0 Å². The Labute approximate surface area is 622 Å². The van der Waals surface area contributed by atoms with Crippen LogP contribution in [0.25, 0.3) is 205 Å². The average Bonchev–Trinajstić information content (AvgIpc) is 1.53. The minimum absolute atomic E-state index is 0.491. The predicted octanol–water partition coefficient (Wildman–Crippen LogP) is 25.9. The van der Waals surface area contributed by atoms with Gasteiger partial charge in [0.15, 0.2) is 5.82 Å². The Balaban J connectivity index is 0.712. The lowest BCUT2D eigenvalue weighted by Gasteiger charge is -2.34. The normalized spacial score (nSPS) is 12.8. The fourth-order valence-electron chi connectivity index (χ4n) is 18.3. The number of hydrogen-bond donors (Lipinski definition) is 0. The van der Waals surface area contributed by atoms with Crippen LogP contribution in [0.3, 0.4) is 0 Å². The summed E-state index contributed by atoms with van der Waals surface area (Å²) in [6, 6.07) is 127. The molecule has 1 aliphatic rings. The van der Waals surface area contributed by atoms with Crippen molar-refractivity contribution < 1.29 is 13.3 Å². The van der Waals surface area contributed by atoms with E-state index in [4.69, 9.17) is 28.2 Å². The number of rotatable bonds is 9. The number of fused-ring (bicyclic) bond motifs is 21. The minimum atomic E-state index is -0.820. The van der Waals surface area contributed by atoms with Gasteiger partial charge in [-0.2, -0.15) is 15.0 Å². The summed E-state index contributed by atoms with van der Waals surface area (Å²) in [5.74, 6) is 1.51. The van der Waals surface area contributed by atoms with Crippen LogP contribution in [0.15, 0.2) is 365 Å². The Bertz CT molecular complexity index is 7530. The number of aromatic nitrogens is 6. The summed E-state index contributed by atoms with van der Waals surface area (Å²) >= 11 is 0. The molecule has 7 aromatic heterocycles. The van der Waals surface area contributed by atoms with E-state index in [0.29, 0.717) is 17.7 Å². The van der Waals surface area contributed by atoms with E-state index in [1.807, 2.05) is 36.4 Å². The maximum Gasteiger partial charge on any atom is 0.240 e. The lowest BCUT2D eigenvalue weighted by molar-refractivity contribution is 0.668. The van der Waals surface area contributed by atoms with Crippen molar-refractivity contribution in [2.45, 2.75) is 5.41 Å². The second-order valence-electron chi connectivity index (χ2n) is 28.9. The van der Waals surface area contributed by atoms with Gasteiger partial charge in [-0.25, -0.2) is 0 Å². The van der Waals surface area contributed by atoms with Crippen molar-refractivity contribution in [3.8, 4) is 73.5 Å². The van der Waals surface area contributed by atoms with Crippen molar-refractivity contribution >= 4 is 131 Å². The number of furan rings is 3. The molecule has 0 amide bonds. The first-order chi connectivity index (χ1) is 54.0. The Morgan fingerprint density at radius 2 is 0.523 bits per heavy atom. The van der Waals surface area contributed by atoms with Crippen LogP contribution in [-0.4, -0.2) is 28.7 Å². The van der Waals surface area contributed by atoms with E-state index in [9.17, 15) is 0 Å². The van der Waals surface area contributed by atoms with Gasteiger partial charge in [-0.3, -0.25) is 9.13 Å². The summed E-state index contributed by atoms with van der Waals surface area (Å²) in [4.78, 5) is 17.3. The third kappa shape index (κ3) is 8.69. The van der Waals surface area contributed by atoms with Gasteiger partial charge < -0.3 is 17.8 Å².